The summed E-state index contributed by atoms with van der Waals surface area (Å²) in [4.78, 5) is 6.43. The largest absolute Gasteiger partial charge is 0.433 e. The van der Waals surface area contributed by atoms with Crippen LogP contribution in [0.15, 0.2) is 41.4 Å². The van der Waals surface area contributed by atoms with E-state index in [0.29, 0.717) is 36.9 Å². The molecule has 1 saturated heterocycles. The zero-order valence-corrected chi connectivity index (χ0v) is 16.0. The van der Waals surface area contributed by atoms with E-state index in [0.717, 1.165) is 24.8 Å². The number of alkyl halides is 2. The first-order valence-electron chi connectivity index (χ1n) is 9.21. The molecular weight excluding hydrogens is 388 g/mol. The number of sulfonamides is 1. The van der Waals surface area contributed by atoms with Crippen LogP contribution in [0.4, 0.5) is 14.6 Å². The van der Waals surface area contributed by atoms with Crippen molar-refractivity contribution >= 4 is 15.8 Å². The second-order valence-corrected chi connectivity index (χ2v) is 8.84. The van der Waals surface area contributed by atoms with Gasteiger partial charge in [-0.2, -0.15) is 13.1 Å². The molecule has 0 N–H and O–H groups in total. The van der Waals surface area contributed by atoms with Crippen molar-refractivity contribution in [2.24, 2.45) is 0 Å². The number of anilines is 1. The highest BCUT2D eigenvalue weighted by Gasteiger charge is 2.29. The van der Waals surface area contributed by atoms with Crippen LogP contribution in [0.2, 0.25) is 0 Å². The van der Waals surface area contributed by atoms with E-state index in [9.17, 15) is 17.2 Å². The van der Waals surface area contributed by atoms with Gasteiger partial charge in [0.1, 0.15) is 11.6 Å². The van der Waals surface area contributed by atoms with Crippen LogP contribution in [-0.2, 0) is 22.9 Å². The zero-order chi connectivity index (χ0) is 19.7. The fourth-order valence-electron chi connectivity index (χ4n) is 3.75. The van der Waals surface area contributed by atoms with Gasteiger partial charge in [-0.05, 0) is 54.7 Å². The quantitative estimate of drug-likeness (QED) is 0.760. The molecule has 28 heavy (non-hydrogen) atoms. The van der Waals surface area contributed by atoms with Gasteiger partial charge in [0.2, 0.25) is 10.0 Å². The van der Waals surface area contributed by atoms with Gasteiger partial charge >= 0.3 is 6.61 Å². The molecule has 9 heteroatoms. The van der Waals surface area contributed by atoms with Gasteiger partial charge in [0.15, 0.2) is 0 Å². The Balaban J connectivity index is 1.42. The Morgan fingerprint density at radius 1 is 1.00 bits per heavy atom. The Bertz CT molecular complexity index is 943. The molecule has 4 rings (SSSR count). The Morgan fingerprint density at radius 2 is 1.75 bits per heavy atom. The predicted octanol–water partition coefficient (Wildman–Crippen LogP) is 2.68. The molecule has 0 bridgehead atoms. The van der Waals surface area contributed by atoms with E-state index in [-0.39, 0.29) is 5.75 Å². The van der Waals surface area contributed by atoms with Crippen molar-refractivity contribution in [3.8, 4) is 5.75 Å². The van der Waals surface area contributed by atoms with Crippen molar-refractivity contribution in [1.82, 2.24) is 9.29 Å². The maximum atomic E-state index is 13.0. The maximum absolute atomic E-state index is 13.0. The number of aromatic nitrogens is 1. The standard InChI is InChI=1S/C19H21F2N3O3S/c20-19(21)27-16-5-7-18(22-13-16)23-8-10-24(11-9-23)28(25,26)17-6-4-14-2-1-3-15(14)12-17/h4-7,12-13,19H,1-3,8-11H2. The monoisotopic (exact) mass is 409 g/mol. The fourth-order valence-corrected chi connectivity index (χ4v) is 5.22. The number of fused-ring (bicyclic) bond motifs is 1. The molecule has 0 saturated carbocycles. The van der Waals surface area contributed by atoms with Crippen molar-refractivity contribution in [1.29, 1.82) is 0 Å². The predicted molar refractivity (Wildman–Crippen MR) is 100 cm³/mol. The maximum Gasteiger partial charge on any atom is 0.387 e. The minimum Gasteiger partial charge on any atom is -0.433 e. The zero-order valence-electron chi connectivity index (χ0n) is 15.2. The topological polar surface area (TPSA) is 62.7 Å². The Kier molecular flexibility index (Phi) is 5.20. The third-order valence-electron chi connectivity index (χ3n) is 5.22. The van der Waals surface area contributed by atoms with Gasteiger partial charge in [-0.1, -0.05) is 6.07 Å². The van der Waals surface area contributed by atoms with Gasteiger partial charge in [-0.15, -0.1) is 0 Å². The molecule has 6 nitrogen and oxygen atoms in total. The summed E-state index contributed by atoms with van der Waals surface area (Å²) in [6, 6.07) is 8.48. The van der Waals surface area contributed by atoms with Gasteiger partial charge in [-0.25, -0.2) is 13.4 Å². The molecule has 0 atom stereocenters. The van der Waals surface area contributed by atoms with Gasteiger partial charge in [0.25, 0.3) is 0 Å². The number of benzene rings is 1. The summed E-state index contributed by atoms with van der Waals surface area (Å²) in [5.74, 6) is 0.604. The average molecular weight is 409 g/mol. The summed E-state index contributed by atoms with van der Waals surface area (Å²) in [6.45, 7) is -1.24. The molecule has 2 aromatic rings. The number of nitrogens with zero attached hydrogens (tertiary/aromatic N) is 3. The second-order valence-electron chi connectivity index (χ2n) is 6.91. The van der Waals surface area contributed by atoms with E-state index < -0.39 is 16.6 Å². The number of aryl methyl sites for hydroxylation is 2. The van der Waals surface area contributed by atoms with Crippen LogP contribution in [-0.4, -0.2) is 50.5 Å². The van der Waals surface area contributed by atoms with Crippen molar-refractivity contribution in [3.05, 3.63) is 47.7 Å². The highest BCUT2D eigenvalue weighted by molar-refractivity contribution is 7.89. The molecule has 150 valence electrons. The lowest BCUT2D eigenvalue weighted by Crippen LogP contribution is -2.48. The summed E-state index contributed by atoms with van der Waals surface area (Å²) in [7, 11) is -3.53. The van der Waals surface area contributed by atoms with Crippen LogP contribution in [0.3, 0.4) is 0 Å². The van der Waals surface area contributed by atoms with Gasteiger partial charge < -0.3 is 9.64 Å². The molecule has 0 amide bonds. The first-order chi connectivity index (χ1) is 13.4. The number of pyridine rings is 1. The summed E-state index contributed by atoms with van der Waals surface area (Å²) >= 11 is 0. The van der Waals surface area contributed by atoms with E-state index in [4.69, 9.17) is 0 Å². The normalized spacial score (nSPS) is 17.8. The summed E-state index contributed by atoms with van der Waals surface area (Å²) in [5, 5.41) is 0. The van der Waals surface area contributed by atoms with Crippen LogP contribution >= 0.6 is 0 Å². The summed E-state index contributed by atoms with van der Waals surface area (Å²) in [6.07, 6.45) is 4.27. The molecular formula is C19H21F2N3O3S. The highest BCUT2D eigenvalue weighted by Crippen LogP contribution is 2.27. The molecule has 1 fully saturated rings. The van der Waals surface area contributed by atoms with Crippen molar-refractivity contribution in [2.45, 2.75) is 30.8 Å². The average Bonchev–Trinajstić information content (AvgIpc) is 3.16. The minimum absolute atomic E-state index is 0.00317. The van der Waals surface area contributed by atoms with E-state index in [2.05, 4.69) is 9.72 Å². The van der Waals surface area contributed by atoms with Crippen LogP contribution in [0.1, 0.15) is 17.5 Å². The fraction of sp³-hybridized carbons (Fsp3) is 0.421. The lowest BCUT2D eigenvalue weighted by molar-refractivity contribution is -0.0500. The number of hydrogen-bond donors (Lipinski definition) is 0. The van der Waals surface area contributed by atoms with E-state index in [1.807, 2.05) is 17.0 Å². The number of halogens is 2. The summed E-state index contributed by atoms with van der Waals surface area (Å²) in [5.41, 5.74) is 2.38. The second kappa shape index (κ2) is 7.63. The van der Waals surface area contributed by atoms with Crippen molar-refractivity contribution < 1.29 is 21.9 Å². The molecule has 0 unspecified atom stereocenters. The lowest BCUT2D eigenvalue weighted by Gasteiger charge is -2.34. The Morgan fingerprint density at radius 3 is 2.43 bits per heavy atom. The number of piperazine rings is 1. The van der Waals surface area contributed by atoms with Gasteiger partial charge in [-0.3, -0.25) is 0 Å². The Labute approximate surface area is 162 Å². The van der Waals surface area contributed by atoms with Crippen molar-refractivity contribution in [3.63, 3.8) is 0 Å². The van der Waals surface area contributed by atoms with Crippen LogP contribution in [0.25, 0.3) is 0 Å². The third kappa shape index (κ3) is 3.81. The third-order valence-corrected chi connectivity index (χ3v) is 7.11. The number of rotatable bonds is 5. The highest BCUT2D eigenvalue weighted by atomic mass is 32.2. The molecule has 1 aromatic carbocycles. The van der Waals surface area contributed by atoms with Crippen LogP contribution in [0, 0.1) is 0 Å². The van der Waals surface area contributed by atoms with Gasteiger partial charge in [0, 0.05) is 26.2 Å². The first kappa shape index (κ1) is 19.1. The molecule has 0 spiro atoms. The summed E-state index contributed by atoms with van der Waals surface area (Å²) < 4.78 is 56.2. The molecule has 1 aliphatic carbocycles. The molecule has 1 aliphatic heterocycles. The smallest absolute Gasteiger partial charge is 0.387 e. The molecule has 2 aliphatic rings. The van der Waals surface area contributed by atoms with Crippen molar-refractivity contribution in [2.75, 3.05) is 31.1 Å². The molecule has 1 aromatic heterocycles. The van der Waals surface area contributed by atoms with E-state index in [1.54, 1.807) is 12.1 Å². The number of hydrogen-bond acceptors (Lipinski definition) is 5. The molecule has 0 radical (unpaired) electrons. The van der Waals surface area contributed by atoms with E-state index >= 15 is 0 Å². The number of ether oxygens (including phenoxy) is 1. The molecule has 2 heterocycles. The van der Waals surface area contributed by atoms with Crippen LogP contribution in [0.5, 0.6) is 5.75 Å². The van der Waals surface area contributed by atoms with Crippen LogP contribution < -0.4 is 9.64 Å². The van der Waals surface area contributed by atoms with Gasteiger partial charge in [0.05, 0.1) is 11.1 Å². The Hall–Kier alpha value is -2.26. The lowest BCUT2D eigenvalue weighted by atomic mass is 10.1. The first-order valence-corrected chi connectivity index (χ1v) is 10.7. The SMILES string of the molecule is O=S(=O)(c1ccc2c(c1)CCC2)N1CCN(c2ccc(OC(F)F)cn2)CC1. The van der Waals surface area contributed by atoms with E-state index in [1.165, 1.54) is 22.1 Å². The minimum atomic E-state index is -3.53.